The third-order valence-electron chi connectivity index (χ3n) is 6.09. The lowest BCUT2D eigenvalue weighted by atomic mass is 9.82. The van der Waals surface area contributed by atoms with Crippen LogP contribution in [0.2, 0.25) is 0 Å². The predicted molar refractivity (Wildman–Crippen MR) is 113 cm³/mol. The van der Waals surface area contributed by atoms with Crippen LogP contribution in [0, 0.1) is 32.6 Å². The number of aliphatic carboxylic acids is 1. The van der Waals surface area contributed by atoms with Gasteiger partial charge in [-0.15, -0.1) is 0 Å². The molecule has 7 heteroatoms. The third kappa shape index (κ3) is 4.66. The second-order valence-electron chi connectivity index (χ2n) is 8.34. The number of amides is 1. The average molecular weight is 415 g/mol. The second-order valence-corrected chi connectivity index (χ2v) is 8.34. The van der Waals surface area contributed by atoms with E-state index in [0.717, 1.165) is 24.0 Å². The van der Waals surface area contributed by atoms with Gasteiger partial charge in [-0.25, -0.2) is 4.79 Å². The molecule has 1 atom stereocenters. The van der Waals surface area contributed by atoms with Crippen molar-refractivity contribution in [2.75, 3.05) is 6.54 Å². The van der Waals surface area contributed by atoms with Crippen LogP contribution in [0.15, 0.2) is 21.3 Å². The van der Waals surface area contributed by atoms with Gasteiger partial charge >= 0.3 is 11.6 Å². The van der Waals surface area contributed by atoms with Gasteiger partial charge in [0, 0.05) is 12.1 Å². The van der Waals surface area contributed by atoms with Gasteiger partial charge < -0.3 is 19.6 Å². The second kappa shape index (κ2) is 8.90. The number of aryl methyl sites for hydroxylation is 2. The van der Waals surface area contributed by atoms with E-state index in [9.17, 15) is 14.4 Å². The highest BCUT2D eigenvalue weighted by Gasteiger charge is 2.27. The van der Waals surface area contributed by atoms with Crippen molar-refractivity contribution in [3.05, 3.63) is 39.2 Å². The largest absolute Gasteiger partial charge is 0.481 e. The van der Waals surface area contributed by atoms with E-state index in [1.807, 2.05) is 19.9 Å². The topological polar surface area (TPSA) is 106 Å². The SMILES string of the molecule is Cc1cc(O[C@@H](C)C(=O)NCC2CCC(C(=O)O)CC2)c2c(C)c(C)c(=O)oc2c1. The molecule has 7 nitrogen and oxygen atoms in total. The Hall–Kier alpha value is -2.83. The molecule has 3 rings (SSSR count). The van der Waals surface area contributed by atoms with E-state index in [1.165, 1.54) is 0 Å². The summed E-state index contributed by atoms with van der Waals surface area (Å²) in [5.74, 6) is -0.418. The van der Waals surface area contributed by atoms with Crippen LogP contribution >= 0.6 is 0 Å². The van der Waals surface area contributed by atoms with Crippen LogP contribution in [-0.2, 0) is 9.59 Å². The van der Waals surface area contributed by atoms with Gasteiger partial charge in [0.15, 0.2) is 6.10 Å². The van der Waals surface area contributed by atoms with E-state index < -0.39 is 12.1 Å². The lowest BCUT2D eigenvalue weighted by Gasteiger charge is -2.26. The zero-order valence-electron chi connectivity index (χ0n) is 17.9. The molecule has 0 saturated heterocycles. The van der Waals surface area contributed by atoms with Crippen molar-refractivity contribution < 1.29 is 23.8 Å². The Kier molecular flexibility index (Phi) is 6.48. The van der Waals surface area contributed by atoms with Crippen LogP contribution in [0.5, 0.6) is 5.75 Å². The summed E-state index contributed by atoms with van der Waals surface area (Å²) in [5.41, 5.74) is 2.23. The van der Waals surface area contributed by atoms with Gasteiger partial charge in [0.25, 0.3) is 5.91 Å². The lowest BCUT2D eigenvalue weighted by Crippen LogP contribution is -2.39. The fourth-order valence-corrected chi connectivity index (χ4v) is 4.03. The molecule has 1 aliphatic carbocycles. The van der Waals surface area contributed by atoms with Crippen molar-refractivity contribution in [3.63, 3.8) is 0 Å². The minimum Gasteiger partial charge on any atom is -0.481 e. The number of hydrogen-bond donors (Lipinski definition) is 2. The predicted octanol–water partition coefficient (Wildman–Crippen LogP) is 3.49. The van der Waals surface area contributed by atoms with E-state index >= 15 is 0 Å². The molecular formula is C23H29NO6. The van der Waals surface area contributed by atoms with Gasteiger partial charge in [-0.1, -0.05) is 0 Å². The summed E-state index contributed by atoms with van der Waals surface area (Å²) < 4.78 is 11.4. The molecule has 0 radical (unpaired) electrons. The Morgan fingerprint density at radius 2 is 1.83 bits per heavy atom. The molecule has 1 amide bonds. The summed E-state index contributed by atoms with van der Waals surface area (Å²) >= 11 is 0. The summed E-state index contributed by atoms with van der Waals surface area (Å²) in [6, 6.07) is 3.62. The summed E-state index contributed by atoms with van der Waals surface area (Å²) in [7, 11) is 0. The monoisotopic (exact) mass is 415 g/mol. The van der Waals surface area contributed by atoms with Crippen LogP contribution in [0.25, 0.3) is 11.0 Å². The fourth-order valence-electron chi connectivity index (χ4n) is 4.03. The zero-order chi connectivity index (χ0) is 22.0. The van der Waals surface area contributed by atoms with Gasteiger partial charge in [-0.3, -0.25) is 9.59 Å². The van der Waals surface area contributed by atoms with Crippen LogP contribution < -0.4 is 15.7 Å². The maximum atomic E-state index is 12.6. The molecule has 30 heavy (non-hydrogen) atoms. The highest BCUT2D eigenvalue weighted by Crippen LogP contribution is 2.32. The number of hydrogen-bond acceptors (Lipinski definition) is 5. The van der Waals surface area contributed by atoms with Crippen molar-refractivity contribution in [1.29, 1.82) is 0 Å². The van der Waals surface area contributed by atoms with Crippen molar-refractivity contribution in [2.24, 2.45) is 11.8 Å². The first-order valence-corrected chi connectivity index (χ1v) is 10.4. The Balaban J connectivity index is 1.67. The number of nitrogens with one attached hydrogen (secondary N) is 1. The molecule has 162 valence electrons. The number of carboxylic acid groups (broad SMARTS) is 1. The maximum Gasteiger partial charge on any atom is 0.339 e. The Morgan fingerprint density at radius 1 is 1.17 bits per heavy atom. The molecule has 1 aliphatic rings. The smallest absolute Gasteiger partial charge is 0.339 e. The Bertz CT molecular complexity index is 1020. The summed E-state index contributed by atoms with van der Waals surface area (Å²) in [6.45, 7) is 7.63. The Morgan fingerprint density at radius 3 is 2.47 bits per heavy atom. The molecule has 2 aromatic rings. The van der Waals surface area contributed by atoms with Gasteiger partial charge in [0.05, 0.1) is 11.3 Å². The van der Waals surface area contributed by atoms with Gasteiger partial charge in [-0.2, -0.15) is 0 Å². The number of benzene rings is 1. The third-order valence-corrected chi connectivity index (χ3v) is 6.09. The maximum absolute atomic E-state index is 12.6. The Labute approximate surface area is 175 Å². The zero-order valence-corrected chi connectivity index (χ0v) is 17.9. The highest BCUT2D eigenvalue weighted by molar-refractivity contribution is 5.89. The quantitative estimate of drug-likeness (QED) is 0.700. The van der Waals surface area contributed by atoms with E-state index in [-0.39, 0.29) is 23.4 Å². The van der Waals surface area contributed by atoms with Crippen molar-refractivity contribution in [1.82, 2.24) is 5.32 Å². The standard InChI is InChI=1S/C23H29NO6/c1-12-9-18(20-13(2)14(3)23(28)30-19(20)10-12)29-15(4)21(25)24-11-16-5-7-17(8-6-16)22(26)27/h9-10,15-17H,5-8,11H2,1-4H3,(H,24,25)(H,26,27)/t15-,16?,17?/m0/s1. The molecule has 0 spiro atoms. The molecule has 1 saturated carbocycles. The van der Waals surface area contributed by atoms with Crippen LogP contribution in [0.1, 0.15) is 49.3 Å². The number of rotatable bonds is 6. The first-order chi connectivity index (χ1) is 14.2. The lowest BCUT2D eigenvalue weighted by molar-refractivity contribution is -0.143. The first kappa shape index (κ1) is 21.9. The minimum absolute atomic E-state index is 0.225. The average Bonchev–Trinajstić information content (AvgIpc) is 2.70. The van der Waals surface area contributed by atoms with Crippen LogP contribution in [0.3, 0.4) is 0 Å². The number of ether oxygens (including phenoxy) is 1. The minimum atomic E-state index is -0.730. The van der Waals surface area contributed by atoms with Crippen molar-refractivity contribution in [2.45, 2.75) is 59.5 Å². The molecular weight excluding hydrogens is 386 g/mol. The van der Waals surface area contributed by atoms with Crippen molar-refractivity contribution >= 4 is 22.8 Å². The highest BCUT2D eigenvalue weighted by atomic mass is 16.5. The summed E-state index contributed by atoms with van der Waals surface area (Å²) in [6.07, 6.45) is 2.18. The van der Waals surface area contributed by atoms with E-state index in [2.05, 4.69) is 5.32 Å². The molecule has 1 aromatic carbocycles. The molecule has 1 fully saturated rings. The number of carboxylic acids is 1. The van der Waals surface area contributed by atoms with E-state index in [1.54, 1.807) is 19.9 Å². The van der Waals surface area contributed by atoms with Crippen LogP contribution in [0.4, 0.5) is 0 Å². The van der Waals surface area contributed by atoms with Crippen molar-refractivity contribution in [3.8, 4) is 5.75 Å². The fraction of sp³-hybridized carbons (Fsp3) is 0.522. The first-order valence-electron chi connectivity index (χ1n) is 10.4. The molecule has 0 aliphatic heterocycles. The molecule has 2 N–H and O–H groups in total. The van der Waals surface area contributed by atoms with Crippen LogP contribution in [-0.4, -0.2) is 29.6 Å². The summed E-state index contributed by atoms with van der Waals surface area (Å²) in [4.78, 5) is 35.6. The number of fused-ring (bicyclic) bond motifs is 1. The molecule has 1 heterocycles. The van der Waals surface area contributed by atoms with Gasteiger partial charge in [-0.05, 0) is 82.6 Å². The van der Waals surface area contributed by atoms with E-state index in [0.29, 0.717) is 41.7 Å². The number of carbonyl (C=O) groups excluding carboxylic acids is 1. The molecule has 0 bridgehead atoms. The normalized spacial score (nSPS) is 20.0. The summed E-state index contributed by atoms with van der Waals surface area (Å²) in [5, 5.41) is 12.7. The number of carbonyl (C=O) groups is 2. The molecule has 0 unspecified atom stereocenters. The molecule has 1 aromatic heterocycles. The van der Waals surface area contributed by atoms with Gasteiger partial charge in [0.1, 0.15) is 11.3 Å². The van der Waals surface area contributed by atoms with Gasteiger partial charge in [0.2, 0.25) is 0 Å². The van der Waals surface area contributed by atoms with E-state index in [4.69, 9.17) is 14.3 Å².